The highest BCUT2D eigenvalue weighted by Gasteiger charge is 2.34. The third kappa shape index (κ3) is 4.00. The number of aromatic carboxylic acids is 1. The second-order valence-corrected chi connectivity index (χ2v) is 8.88. The SMILES string of the molecule is Cc1nc(-c2ccc(C(=O)O)cc2)cc([C@@H]2CCN(S(=O)(=O)N(C)C)C2)n1. The van der Waals surface area contributed by atoms with Crippen LogP contribution in [0.25, 0.3) is 11.3 Å². The number of carboxylic acids is 1. The van der Waals surface area contributed by atoms with Crippen LogP contribution in [0.4, 0.5) is 0 Å². The maximum absolute atomic E-state index is 12.3. The summed E-state index contributed by atoms with van der Waals surface area (Å²) in [6.07, 6.45) is 0.695. The fourth-order valence-corrected chi connectivity index (χ4v) is 4.31. The highest BCUT2D eigenvalue weighted by Crippen LogP contribution is 2.30. The van der Waals surface area contributed by atoms with Crippen molar-refractivity contribution < 1.29 is 18.3 Å². The number of nitrogens with zero attached hydrogens (tertiary/aromatic N) is 4. The van der Waals surface area contributed by atoms with Crippen LogP contribution in [0.15, 0.2) is 30.3 Å². The molecule has 1 aliphatic heterocycles. The van der Waals surface area contributed by atoms with Crippen LogP contribution >= 0.6 is 0 Å². The van der Waals surface area contributed by atoms with E-state index in [0.29, 0.717) is 31.0 Å². The van der Waals surface area contributed by atoms with Gasteiger partial charge in [-0.2, -0.15) is 17.0 Å². The maximum Gasteiger partial charge on any atom is 0.335 e. The topological polar surface area (TPSA) is 104 Å². The zero-order valence-electron chi connectivity index (χ0n) is 15.5. The predicted molar refractivity (Wildman–Crippen MR) is 101 cm³/mol. The molecular weight excluding hydrogens is 368 g/mol. The van der Waals surface area contributed by atoms with Gasteiger partial charge in [-0.05, 0) is 31.5 Å². The normalized spacial score (nSPS) is 18.1. The van der Waals surface area contributed by atoms with Crippen molar-refractivity contribution in [1.82, 2.24) is 18.6 Å². The molecule has 1 atom stereocenters. The molecule has 1 fully saturated rings. The van der Waals surface area contributed by atoms with Crippen LogP contribution in [0.2, 0.25) is 0 Å². The first-order valence-electron chi connectivity index (χ1n) is 8.55. The molecule has 1 aromatic heterocycles. The Bertz CT molecular complexity index is 958. The molecule has 2 heterocycles. The monoisotopic (exact) mass is 390 g/mol. The van der Waals surface area contributed by atoms with Crippen LogP contribution in [0, 0.1) is 6.92 Å². The first-order valence-corrected chi connectivity index (χ1v) is 9.95. The fraction of sp³-hybridized carbons (Fsp3) is 0.389. The largest absolute Gasteiger partial charge is 0.478 e. The van der Waals surface area contributed by atoms with Crippen LogP contribution in [0.5, 0.6) is 0 Å². The van der Waals surface area contributed by atoms with Gasteiger partial charge in [0.05, 0.1) is 11.3 Å². The highest BCUT2D eigenvalue weighted by atomic mass is 32.2. The summed E-state index contributed by atoms with van der Waals surface area (Å²) in [7, 11) is -0.387. The van der Waals surface area contributed by atoms with Crippen molar-refractivity contribution in [2.45, 2.75) is 19.3 Å². The number of carbonyl (C=O) groups is 1. The third-order valence-electron chi connectivity index (χ3n) is 4.64. The Balaban J connectivity index is 1.87. The van der Waals surface area contributed by atoms with Crippen LogP contribution < -0.4 is 0 Å². The molecule has 0 amide bonds. The second kappa shape index (κ2) is 7.34. The number of rotatable bonds is 5. The van der Waals surface area contributed by atoms with E-state index in [-0.39, 0.29) is 11.5 Å². The summed E-state index contributed by atoms with van der Waals surface area (Å²) in [5.74, 6) is -0.383. The van der Waals surface area contributed by atoms with E-state index in [1.165, 1.54) is 34.8 Å². The Hall–Kier alpha value is -2.36. The number of hydrogen-bond acceptors (Lipinski definition) is 5. The van der Waals surface area contributed by atoms with E-state index in [1.807, 2.05) is 6.07 Å². The van der Waals surface area contributed by atoms with E-state index in [2.05, 4.69) is 9.97 Å². The molecule has 3 rings (SSSR count). The molecular formula is C18H22N4O4S. The minimum atomic E-state index is -3.44. The average Bonchev–Trinajstić information content (AvgIpc) is 3.12. The van der Waals surface area contributed by atoms with E-state index in [4.69, 9.17) is 5.11 Å². The van der Waals surface area contributed by atoms with Gasteiger partial charge in [0.2, 0.25) is 0 Å². The lowest BCUT2D eigenvalue weighted by molar-refractivity contribution is 0.0697. The number of benzene rings is 1. The summed E-state index contributed by atoms with van der Waals surface area (Å²) in [5.41, 5.74) is 2.51. The minimum absolute atomic E-state index is 0.00142. The molecule has 2 aromatic rings. The smallest absolute Gasteiger partial charge is 0.335 e. The molecule has 144 valence electrons. The van der Waals surface area contributed by atoms with Gasteiger partial charge in [-0.15, -0.1) is 0 Å². The molecule has 1 N–H and O–H groups in total. The fourth-order valence-electron chi connectivity index (χ4n) is 3.14. The lowest BCUT2D eigenvalue weighted by atomic mass is 10.0. The standard InChI is InChI=1S/C18H22N4O4S/c1-12-19-16(13-4-6-14(7-5-13)18(23)24)10-17(20-12)15-8-9-22(11-15)27(25,26)21(2)3/h4-7,10,15H,8-9,11H2,1-3H3,(H,23,24)/t15-/m1/s1. The van der Waals surface area contributed by atoms with Gasteiger partial charge in [-0.25, -0.2) is 14.8 Å². The van der Waals surface area contributed by atoms with Gasteiger partial charge in [-0.3, -0.25) is 0 Å². The summed E-state index contributed by atoms with van der Waals surface area (Å²) < 4.78 is 27.3. The van der Waals surface area contributed by atoms with Crippen molar-refractivity contribution in [3.8, 4) is 11.3 Å². The zero-order chi connectivity index (χ0) is 19.8. The average molecular weight is 390 g/mol. The predicted octanol–water partition coefficient (Wildman–Crippen LogP) is 1.75. The van der Waals surface area contributed by atoms with E-state index in [0.717, 1.165) is 11.3 Å². The lowest BCUT2D eigenvalue weighted by Crippen LogP contribution is -2.38. The first-order chi connectivity index (χ1) is 12.7. The number of hydrogen-bond donors (Lipinski definition) is 1. The summed E-state index contributed by atoms with van der Waals surface area (Å²) in [5, 5.41) is 9.02. The van der Waals surface area contributed by atoms with E-state index in [9.17, 15) is 13.2 Å². The van der Waals surface area contributed by atoms with Crippen LogP contribution in [0.3, 0.4) is 0 Å². The van der Waals surface area contributed by atoms with Crippen LogP contribution in [0.1, 0.15) is 34.2 Å². The molecule has 1 aliphatic rings. The zero-order valence-corrected chi connectivity index (χ0v) is 16.3. The summed E-state index contributed by atoms with van der Waals surface area (Å²) in [6.45, 7) is 2.63. The minimum Gasteiger partial charge on any atom is -0.478 e. The molecule has 0 bridgehead atoms. The van der Waals surface area contributed by atoms with Gasteiger partial charge in [0.1, 0.15) is 5.82 Å². The molecule has 9 heteroatoms. The van der Waals surface area contributed by atoms with Crippen molar-refractivity contribution in [3.05, 3.63) is 47.4 Å². The van der Waals surface area contributed by atoms with E-state index < -0.39 is 16.2 Å². The Kier molecular flexibility index (Phi) is 5.27. The van der Waals surface area contributed by atoms with Crippen molar-refractivity contribution in [1.29, 1.82) is 0 Å². The Morgan fingerprint density at radius 3 is 2.48 bits per heavy atom. The molecule has 0 spiro atoms. The summed E-state index contributed by atoms with van der Waals surface area (Å²) in [4.78, 5) is 20.0. The Morgan fingerprint density at radius 1 is 1.22 bits per heavy atom. The quantitative estimate of drug-likeness (QED) is 0.834. The van der Waals surface area contributed by atoms with Crippen LogP contribution in [-0.2, 0) is 10.2 Å². The van der Waals surface area contributed by atoms with Gasteiger partial charge >= 0.3 is 5.97 Å². The molecule has 0 radical (unpaired) electrons. The number of aryl methyl sites for hydroxylation is 1. The molecule has 0 unspecified atom stereocenters. The van der Waals surface area contributed by atoms with E-state index >= 15 is 0 Å². The number of carboxylic acid groups (broad SMARTS) is 1. The third-order valence-corrected chi connectivity index (χ3v) is 6.55. The molecule has 1 saturated heterocycles. The van der Waals surface area contributed by atoms with Crippen LogP contribution in [-0.4, -0.2) is 65.3 Å². The first kappa shape index (κ1) is 19.4. The van der Waals surface area contributed by atoms with Gasteiger partial charge in [-0.1, -0.05) is 12.1 Å². The molecule has 0 saturated carbocycles. The maximum atomic E-state index is 12.3. The van der Waals surface area contributed by atoms with Gasteiger partial charge < -0.3 is 5.11 Å². The van der Waals surface area contributed by atoms with Gasteiger partial charge in [0, 0.05) is 44.4 Å². The lowest BCUT2D eigenvalue weighted by Gasteiger charge is -2.20. The van der Waals surface area contributed by atoms with Crippen molar-refractivity contribution in [2.75, 3.05) is 27.2 Å². The highest BCUT2D eigenvalue weighted by molar-refractivity contribution is 7.86. The van der Waals surface area contributed by atoms with Gasteiger partial charge in [0.15, 0.2) is 0 Å². The summed E-state index contributed by atoms with van der Waals surface area (Å²) in [6, 6.07) is 8.36. The number of aromatic nitrogens is 2. The molecule has 1 aromatic carbocycles. The van der Waals surface area contributed by atoms with Gasteiger partial charge in [0.25, 0.3) is 10.2 Å². The van der Waals surface area contributed by atoms with Crippen molar-refractivity contribution in [2.24, 2.45) is 0 Å². The summed E-state index contributed by atoms with van der Waals surface area (Å²) >= 11 is 0. The Labute approximate surface area is 158 Å². The second-order valence-electron chi connectivity index (χ2n) is 6.74. The van der Waals surface area contributed by atoms with E-state index in [1.54, 1.807) is 19.1 Å². The Morgan fingerprint density at radius 2 is 1.89 bits per heavy atom. The molecule has 27 heavy (non-hydrogen) atoms. The molecule has 0 aliphatic carbocycles. The van der Waals surface area contributed by atoms with Crippen molar-refractivity contribution >= 4 is 16.2 Å². The van der Waals surface area contributed by atoms with Crippen molar-refractivity contribution in [3.63, 3.8) is 0 Å². The molecule has 8 nitrogen and oxygen atoms in total.